The van der Waals surface area contributed by atoms with Gasteiger partial charge in [0.2, 0.25) is 15.9 Å². The molecule has 0 saturated carbocycles. The molecule has 0 aliphatic carbocycles. The zero-order valence-corrected chi connectivity index (χ0v) is 21.1. The minimum atomic E-state index is -3.77. The molecule has 0 unspecified atom stereocenters. The lowest BCUT2D eigenvalue weighted by Crippen LogP contribution is -2.41. The number of anilines is 1. The highest BCUT2D eigenvalue weighted by atomic mass is 32.2. The maximum atomic E-state index is 13.2. The minimum absolute atomic E-state index is 0.113. The molecule has 0 radical (unpaired) electrons. The number of ether oxygens (including phenoxy) is 5. The molecule has 4 rings (SSSR count). The van der Waals surface area contributed by atoms with E-state index in [0.29, 0.717) is 49.1 Å². The van der Waals surface area contributed by atoms with Crippen molar-refractivity contribution in [2.75, 3.05) is 52.9 Å². The maximum absolute atomic E-state index is 13.2. The van der Waals surface area contributed by atoms with E-state index in [4.69, 9.17) is 23.7 Å². The summed E-state index contributed by atoms with van der Waals surface area (Å²) in [6.07, 6.45) is 0.632. The molecular weight excluding hydrogens is 492 g/mol. The number of fused-ring (bicyclic) bond motifs is 1. The Morgan fingerprint density at radius 1 is 0.944 bits per heavy atom. The second kappa shape index (κ2) is 10.6. The molecule has 1 fully saturated rings. The predicted molar refractivity (Wildman–Crippen MR) is 128 cm³/mol. The Labute approximate surface area is 209 Å². The summed E-state index contributed by atoms with van der Waals surface area (Å²) in [6.45, 7) is 1.11. The smallest absolute Gasteiger partial charge is 0.340 e. The van der Waals surface area contributed by atoms with Crippen molar-refractivity contribution in [1.82, 2.24) is 4.31 Å². The van der Waals surface area contributed by atoms with Crippen LogP contribution < -0.4 is 24.3 Å². The Bertz CT molecular complexity index is 1250. The summed E-state index contributed by atoms with van der Waals surface area (Å²) in [5.74, 6) is 0.130. The van der Waals surface area contributed by atoms with Gasteiger partial charge >= 0.3 is 5.97 Å². The number of nitrogens with zero attached hydrogens (tertiary/aromatic N) is 1. The molecular formula is C24H28N2O9S. The molecule has 194 valence electrons. The first-order chi connectivity index (χ1) is 17.3. The van der Waals surface area contributed by atoms with E-state index in [1.165, 1.54) is 49.9 Å². The lowest BCUT2D eigenvalue weighted by atomic mass is 9.97. The number of hydrogen-bond acceptors (Lipinski definition) is 9. The molecule has 1 amide bonds. The number of piperidine rings is 1. The van der Waals surface area contributed by atoms with Crippen LogP contribution in [0, 0.1) is 5.92 Å². The van der Waals surface area contributed by atoms with Gasteiger partial charge in [-0.25, -0.2) is 13.2 Å². The largest absolute Gasteiger partial charge is 0.493 e. The third-order valence-corrected chi connectivity index (χ3v) is 8.06. The zero-order chi connectivity index (χ0) is 25.9. The summed E-state index contributed by atoms with van der Waals surface area (Å²) >= 11 is 0. The first-order valence-corrected chi connectivity index (χ1v) is 12.8. The fourth-order valence-corrected chi connectivity index (χ4v) is 5.67. The van der Waals surface area contributed by atoms with Crippen molar-refractivity contribution in [3.63, 3.8) is 0 Å². The van der Waals surface area contributed by atoms with Crippen LogP contribution in [0.3, 0.4) is 0 Å². The third kappa shape index (κ3) is 5.05. The van der Waals surface area contributed by atoms with Gasteiger partial charge in [-0.15, -0.1) is 0 Å². The second-order valence-electron chi connectivity index (χ2n) is 8.22. The van der Waals surface area contributed by atoms with Crippen molar-refractivity contribution >= 4 is 27.6 Å². The Kier molecular flexibility index (Phi) is 7.55. The van der Waals surface area contributed by atoms with Gasteiger partial charge in [0.15, 0.2) is 23.0 Å². The summed E-state index contributed by atoms with van der Waals surface area (Å²) in [4.78, 5) is 25.4. The van der Waals surface area contributed by atoms with Crippen LogP contribution in [0.5, 0.6) is 23.0 Å². The summed E-state index contributed by atoms with van der Waals surface area (Å²) in [7, 11) is 0.350. The monoisotopic (exact) mass is 520 g/mol. The number of rotatable bonds is 7. The number of hydrogen-bond donors (Lipinski definition) is 1. The summed E-state index contributed by atoms with van der Waals surface area (Å²) < 4.78 is 54.0. The molecule has 12 heteroatoms. The Morgan fingerprint density at radius 2 is 1.58 bits per heavy atom. The maximum Gasteiger partial charge on any atom is 0.340 e. The molecule has 2 aliphatic heterocycles. The minimum Gasteiger partial charge on any atom is -0.493 e. The van der Waals surface area contributed by atoms with Crippen molar-refractivity contribution < 1.29 is 41.7 Å². The van der Waals surface area contributed by atoms with Crippen LogP contribution in [0.15, 0.2) is 35.2 Å². The van der Waals surface area contributed by atoms with E-state index >= 15 is 0 Å². The molecule has 2 heterocycles. The third-order valence-electron chi connectivity index (χ3n) is 6.16. The van der Waals surface area contributed by atoms with Gasteiger partial charge in [-0.05, 0) is 25.0 Å². The van der Waals surface area contributed by atoms with E-state index in [1.807, 2.05) is 0 Å². The predicted octanol–water partition coefficient (Wildman–Crippen LogP) is 2.30. The lowest BCUT2D eigenvalue weighted by Gasteiger charge is -2.31. The number of methoxy groups -OCH3 is 3. The Hall–Kier alpha value is -3.51. The number of amides is 1. The van der Waals surface area contributed by atoms with Crippen LogP contribution >= 0.6 is 0 Å². The molecule has 0 atom stereocenters. The molecule has 1 saturated heterocycles. The fraction of sp³-hybridized carbons (Fsp3) is 0.417. The Morgan fingerprint density at radius 3 is 2.22 bits per heavy atom. The number of benzene rings is 2. The molecule has 1 N–H and O–H groups in total. The zero-order valence-electron chi connectivity index (χ0n) is 20.2. The quantitative estimate of drug-likeness (QED) is 0.547. The van der Waals surface area contributed by atoms with Crippen LogP contribution in [0.2, 0.25) is 0 Å². The molecule has 36 heavy (non-hydrogen) atoms. The van der Waals surface area contributed by atoms with Crippen molar-refractivity contribution in [1.29, 1.82) is 0 Å². The molecule has 11 nitrogen and oxygen atoms in total. The fourth-order valence-electron chi connectivity index (χ4n) is 4.19. The number of nitrogens with one attached hydrogen (secondary N) is 1. The van der Waals surface area contributed by atoms with Crippen LogP contribution in [-0.2, 0) is 19.6 Å². The van der Waals surface area contributed by atoms with Crippen molar-refractivity contribution in [2.45, 2.75) is 17.7 Å². The SMILES string of the molecule is COC(=O)c1cc(OC)c(OC)cc1NC(=O)C1CCN(S(=O)(=O)c2ccc3c(c2)OCCO3)CC1. The van der Waals surface area contributed by atoms with E-state index in [2.05, 4.69) is 5.32 Å². The highest BCUT2D eigenvalue weighted by Gasteiger charge is 2.33. The van der Waals surface area contributed by atoms with Gasteiger partial charge in [0.05, 0.1) is 37.5 Å². The average Bonchev–Trinajstić information content (AvgIpc) is 2.92. The van der Waals surface area contributed by atoms with Crippen molar-refractivity contribution in [3.05, 3.63) is 35.9 Å². The Balaban J connectivity index is 1.45. The van der Waals surface area contributed by atoms with E-state index in [9.17, 15) is 18.0 Å². The van der Waals surface area contributed by atoms with Gasteiger partial charge in [0.1, 0.15) is 13.2 Å². The van der Waals surface area contributed by atoms with E-state index in [-0.39, 0.29) is 35.1 Å². The van der Waals surface area contributed by atoms with Gasteiger partial charge < -0.3 is 29.0 Å². The van der Waals surface area contributed by atoms with Crippen LogP contribution in [0.4, 0.5) is 5.69 Å². The summed E-state index contributed by atoms with van der Waals surface area (Å²) in [5, 5.41) is 2.77. The van der Waals surface area contributed by atoms with Gasteiger partial charge in [0.25, 0.3) is 0 Å². The first-order valence-electron chi connectivity index (χ1n) is 11.3. The second-order valence-corrected chi connectivity index (χ2v) is 10.2. The number of carbonyl (C=O) groups excluding carboxylic acids is 2. The molecule has 2 aliphatic rings. The highest BCUT2D eigenvalue weighted by molar-refractivity contribution is 7.89. The lowest BCUT2D eigenvalue weighted by molar-refractivity contribution is -0.120. The van der Waals surface area contributed by atoms with Gasteiger partial charge in [-0.2, -0.15) is 4.31 Å². The van der Waals surface area contributed by atoms with Gasteiger partial charge in [-0.1, -0.05) is 0 Å². The molecule has 2 aromatic rings. The van der Waals surface area contributed by atoms with E-state index in [0.717, 1.165) is 0 Å². The molecule has 2 aromatic carbocycles. The normalized spacial score (nSPS) is 16.2. The van der Waals surface area contributed by atoms with E-state index in [1.54, 1.807) is 6.07 Å². The van der Waals surface area contributed by atoms with Gasteiger partial charge in [0, 0.05) is 37.2 Å². The summed E-state index contributed by atoms with van der Waals surface area (Å²) in [6, 6.07) is 7.47. The first kappa shape index (κ1) is 25.6. The van der Waals surface area contributed by atoms with Crippen molar-refractivity contribution in [3.8, 4) is 23.0 Å². The van der Waals surface area contributed by atoms with Crippen LogP contribution in [0.25, 0.3) is 0 Å². The van der Waals surface area contributed by atoms with Gasteiger partial charge in [-0.3, -0.25) is 4.79 Å². The highest BCUT2D eigenvalue weighted by Crippen LogP contribution is 2.36. The average molecular weight is 521 g/mol. The molecule has 0 bridgehead atoms. The van der Waals surface area contributed by atoms with Crippen LogP contribution in [0.1, 0.15) is 23.2 Å². The molecule has 0 aromatic heterocycles. The van der Waals surface area contributed by atoms with Crippen molar-refractivity contribution in [2.24, 2.45) is 5.92 Å². The number of sulfonamides is 1. The molecule has 0 spiro atoms. The standard InChI is InChI=1S/C24H28N2O9S/c1-31-20-13-17(24(28)33-3)18(14-21(20)32-2)25-23(27)15-6-8-26(9-7-15)36(29,30)16-4-5-19-22(12-16)35-11-10-34-19/h4-5,12-15H,6-11H2,1-3H3,(H,25,27). The van der Waals surface area contributed by atoms with Crippen LogP contribution in [-0.4, -0.2) is 72.2 Å². The number of esters is 1. The summed E-state index contributed by atoms with van der Waals surface area (Å²) in [5.41, 5.74) is 0.331. The van der Waals surface area contributed by atoms with E-state index < -0.39 is 21.9 Å². The number of carbonyl (C=O) groups is 2. The topological polar surface area (TPSA) is 130 Å².